The average molecular weight is 487 g/mol. The van der Waals surface area contributed by atoms with Crippen LogP contribution in [0.2, 0.25) is 6.32 Å². The molecular weight excluding hydrogens is 443 g/mol. The quantitative estimate of drug-likeness (QED) is 0.172. The van der Waals surface area contributed by atoms with E-state index in [1.54, 1.807) is 0 Å². The third-order valence-electron chi connectivity index (χ3n) is 6.77. The smallest absolute Gasteiger partial charge is 0.308 e. The van der Waals surface area contributed by atoms with Gasteiger partial charge in [-0.2, -0.15) is 11.8 Å². The van der Waals surface area contributed by atoms with Crippen LogP contribution in [0.25, 0.3) is 0 Å². The molecule has 3 rings (SSSR count). The molecule has 1 N–H and O–H groups in total. The van der Waals surface area contributed by atoms with E-state index < -0.39 is 0 Å². The van der Waals surface area contributed by atoms with Crippen LogP contribution in [0.3, 0.4) is 0 Å². The number of hydrogen-bond acceptors (Lipinski definition) is 5. The highest BCUT2D eigenvalue weighted by Gasteiger charge is 2.35. The number of nitrogens with zero attached hydrogens (tertiary/aromatic N) is 1. The van der Waals surface area contributed by atoms with Crippen molar-refractivity contribution in [1.29, 1.82) is 0 Å². The summed E-state index contributed by atoms with van der Waals surface area (Å²) in [6.45, 7) is 7.90. The summed E-state index contributed by atoms with van der Waals surface area (Å²) in [5.74, 6) is 2.61. The van der Waals surface area contributed by atoms with E-state index in [0.717, 1.165) is 44.5 Å². The lowest BCUT2D eigenvalue weighted by molar-refractivity contribution is 0.144. The van der Waals surface area contributed by atoms with Crippen molar-refractivity contribution in [2.24, 2.45) is 11.8 Å². The summed E-state index contributed by atoms with van der Waals surface area (Å²) < 4.78 is 10.1. The fourth-order valence-corrected chi connectivity index (χ4v) is 6.79. The van der Waals surface area contributed by atoms with Gasteiger partial charge in [0.25, 0.3) is 0 Å². The topological polar surface area (TPSA) is 24.5 Å². The molecule has 1 saturated carbocycles. The van der Waals surface area contributed by atoms with Crippen LogP contribution in [-0.4, -0.2) is 66.6 Å². The monoisotopic (exact) mass is 486 g/mol. The van der Waals surface area contributed by atoms with Gasteiger partial charge in [0.05, 0.1) is 11.5 Å². The normalized spacial score (nSPS) is 30.7. The molecule has 31 heavy (non-hydrogen) atoms. The first-order chi connectivity index (χ1) is 15.1. The number of rotatable bonds is 10. The zero-order valence-corrected chi connectivity index (χ0v) is 22.7. The molecule has 0 bridgehead atoms. The summed E-state index contributed by atoms with van der Waals surface area (Å²) in [6, 6.07) is 0.521. The van der Waals surface area contributed by atoms with E-state index in [1.807, 2.05) is 37.6 Å². The van der Waals surface area contributed by atoms with Gasteiger partial charge in [-0.1, -0.05) is 57.0 Å². The van der Waals surface area contributed by atoms with E-state index >= 15 is 0 Å². The maximum Gasteiger partial charge on any atom is 0.308 e. The largest absolute Gasteiger partial charge is 0.430 e. The Kier molecular flexibility index (Phi) is 13.7. The molecule has 1 aliphatic heterocycles. The van der Waals surface area contributed by atoms with Gasteiger partial charge in [-0.15, -0.1) is 11.6 Å². The van der Waals surface area contributed by atoms with Gasteiger partial charge in [-0.3, -0.25) is 4.72 Å². The highest BCUT2D eigenvalue weighted by atomic mass is 35.5. The Morgan fingerprint density at radius 2 is 2.10 bits per heavy atom. The van der Waals surface area contributed by atoms with Crippen LogP contribution in [0.4, 0.5) is 0 Å². The number of halogens is 1. The lowest BCUT2D eigenvalue weighted by atomic mass is 9.67. The summed E-state index contributed by atoms with van der Waals surface area (Å²) in [4.78, 5) is 2.35. The standard InChI is InChI=1S/C22H38BClN2OS2.C2H6/c1-17(28-3)20(18-7-5-4-6-8-18)11-14-29-25-19-9-10-21(24)22(15-19)27-23-12-13-26(2)16-23;1-2/h4-7,17-22,25H,8-16H2,1-3H3;1-2H3. The number of allylic oxidation sites excluding steroid dienone is 4. The van der Waals surface area contributed by atoms with Gasteiger partial charge in [-0.05, 0) is 70.1 Å². The van der Waals surface area contributed by atoms with Gasteiger partial charge in [0.15, 0.2) is 0 Å². The van der Waals surface area contributed by atoms with Crippen molar-refractivity contribution in [3.05, 3.63) is 24.3 Å². The van der Waals surface area contributed by atoms with E-state index in [9.17, 15) is 0 Å². The van der Waals surface area contributed by atoms with Crippen molar-refractivity contribution >= 4 is 42.2 Å². The fourth-order valence-electron chi connectivity index (χ4n) is 4.85. The summed E-state index contributed by atoms with van der Waals surface area (Å²) in [5, 5.41) is 0.868. The van der Waals surface area contributed by atoms with Crippen LogP contribution in [0.15, 0.2) is 24.3 Å². The molecular formula is C24H44BClN2OS2. The molecule has 178 valence electrons. The number of alkyl halides is 1. The van der Waals surface area contributed by atoms with Crippen molar-refractivity contribution in [3.63, 3.8) is 0 Å². The number of thioether (sulfide) groups is 1. The summed E-state index contributed by atoms with van der Waals surface area (Å²) in [7, 11) is 2.17. The molecule has 2 aliphatic carbocycles. The first-order valence-electron chi connectivity index (χ1n) is 12.3. The highest BCUT2D eigenvalue weighted by Crippen LogP contribution is 2.33. The van der Waals surface area contributed by atoms with E-state index in [1.165, 1.54) is 18.6 Å². The van der Waals surface area contributed by atoms with Crippen molar-refractivity contribution in [2.45, 2.75) is 82.0 Å². The molecule has 0 spiro atoms. The van der Waals surface area contributed by atoms with Gasteiger partial charge >= 0.3 is 6.92 Å². The maximum atomic E-state index is 6.62. The number of nitrogens with one attached hydrogen (secondary N) is 1. The average Bonchev–Trinajstić information content (AvgIpc) is 3.22. The third kappa shape index (κ3) is 9.29. The molecule has 3 aliphatic rings. The van der Waals surface area contributed by atoms with Crippen molar-refractivity contribution in [2.75, 3.05) is 32.0 Å². The highest BCUT2D eigenvalue weighted by molar-refractivity contribution is 7.99. The van der Waals surface area contributed by atoms with Gasteiger partial charge in [-0.25, -0.2) is 0 Å². The molecule has 0 radical (unpaired) electrons. The molecule has 3 nitrogen and oxygen atoms in total. The van der Waals surface area contributed by atoms with Crippen molar-refractivity contribution in [1.82, 2.24) is 9.62 Å². The molecule has 2 fully saturated rings. The molecule has 7 heteroatoms. The van der Waals surface area contributed by atoms with Gasteiger partial charge in [0.2, 0.25) is 0 Å². The first-order valence-corrected chi connectivity index (χ1v) is 15.0. The minimum atomic E-state index is 0.168. The predicted molar refractivity (Wildman–Crippen MR) is 145 cm³/mol. The summed E-state index contributed by atoms with van der Waals surface area (Å²) in [6.07, 6.45) is 19.5. The van der Waals surface area contributed by atoms with E-state index in [0.29, 0.717) is 24.1 Å². The molecule has 6 unspecified atom stereocenters. The Bertz CT molecular complexity index is 554. The zero-order chi connectivity index (χ0) is 22.6. The second kappa shape index (κ2) is 15.3. The number of hydrogen-bond donors (Lipinski definition) is 1. The van der Waals surface area contributed by atoms with Crippen LogP contribution in [0.5, 0.6) is 0 Å². The molecule has 0 amide bonds. The molecule has 0 aromatic carbocycles. The van der Waals surface area contributed by atoms with Crippen LogP contribution < -0.4 is 4.72 Å². The van der Waals surface area contributed by atoms with Crippen molar-refractivity contribution in [3.8, 4) is 0 Å². The van der Waals surface area contributed by atoms with Gasteiger partial charge in [0.1, 0.15) is 0 Å². The Hall–Kier alpha value is 0.415. The molecule has 1 heterocycles. The summed E-state index contributed by atoms with van der Waals surface area (Å²) >= 11 is 10.5. The van der Waals surface area contributed by atoms with Crippen LogP contribution in [-0.2, 0) is 4.65 Å². The lowest BCUT2D eigenvalue weighted by Gasteiger charge is -2.35. The summed E-state index contributed by atoms with van der Waals surface area (Å²) in [5.41, 5.74) is 0. The van der Waals surface area contributed by atoms with Crippen molar-refractivity contribution < 1.29 is 4.65 Å². The fraction of sp³-hybridized carbons (Fsp3) is 0.833. The minimum Gasteiger partial charge on any atom is -0.430 e. The van der Waals surface area contributed by atoms with E-state index in [2.05, 4.69) is 54.2 Å². The maximum absolute atomic E-state index is 6.62. The van der Waals surface area contributed by atoms with E-state index in [4.69, 9.17) is 16.3 Å². The van der Waals surface area contributed by atoms with Crippen LogP contribution >= 0.6 is 35.3 Å². The first kappa shape index (κ1) is 27.7. The third-order valence-corrected chi connectivity index (χ3v) is 9.30. The second-order valence-corrected chi connectivity index (χ2v) is 11.7. The molecule has 1 saturated heterocycles. The SMILES string of the molecule is CC.CSC(C)C(CCSNC1CCC(Cl)C(OB2CCN(C)C2)C1)C1C=CC=CC1. The minimum absolute atomic E-state index is 0.168. The zero-order valence-electron chi connectivity index (χ0n) is 20.3. The Balaban J connectivity index is 0.00000166. The Morgan fingerprint density at radius 1 is 1.29 bits per heavy atom. The lowest BCUT2D eigenvalue weighted by Crippen LogP contribution is -2.43. The predicted octanol–water partition coefficient (Wildman–Crippen LogP) is 6.16. The van der Waals surface area contributed by atoms with Gasteiger partial charge < -0.3 is 9.55 Å². The van der Waals surface area contributed by atoms with Crippen LogP contribution in [0.1, 0.15) is 52.9 Å². The van der Waals surface area contributed by atoms with E-state index in [-0.39, 0.29) is 11.5 Å². The molecule has 0 aromatic heterocycles. The van der Waals surface area contributed by atoms with Gasteiger partial charge in [0, 0.05) is 23.5 Å². The molecule has 6 atom stereocenters. The van der Waals surface area contributed by atoms with Crippen LogP contribution in [0, 0.1) is 11.8 Å². The Labute approximate surface area is 206 Å². The molecule has 0 aromatic rings. The Morgan fingerprint density at radius 3 is 2.74 bits per heavy atom. The second-order valence-electron chi connectivity index (χ2n) is 8.95.